The normalized spacial score (nSPS) is 17.0. The Morgan fingerprint density at radius 3 is 2.75 bits per heavy atom. The van der Waals surface area contributed by atoms with Gasteiger partial charge in [-0.1, -0.05) is 31.1 Å². The Bertz CT molecular complexity index is 699. The monoisotopic (exact) mass is 332 g/mol. The minimum Gasteiger partial charge on any atom is -0.339 e. The van der Waals surface area contributed by atoms with Gasteiger partial charge in [0, 0.05) is 25.4 Å². The zero-order chi connectivity index (χ0) is 17.1. The maximum Gasteiger partial charge on any atom is 0.317 e. The molecule has 0 spiro atoms. The van der Waals surface area contributed by atoms with Crippen molar-refractivity contribution in [2.75, 3.05) is 13.1 Å². The molecule has 0 unspecified atom stereocenters. The van der Waals surface area contributed by atoms with Gasteiger partial charge in [0.15, 0.2) is 5.82 Å². The molecule has 3 rings (SSSR count). The lowest BCUT2D eigenvalue weighted by Crippen LogP contribution is -2.50. The summed E-state index contributed by atoms with van der Waals surface area (Å²) < 4.78 is 18.1. The van der Waals surface area contributed by atoms with Gasteiger partial charge < -0.3 is 14.7 Å². The van der Waals surface area contributed by atoms with Crippen LogP contribution in [0.5, 0.6) is 0 Å². The van der Waals surface area contributed by atoms with Gasteiger partial charge in [0.2, 0.25) is 5.89 Å². The zero-order valence-corrected chi connectivity index (χ0v) is 13.8. The molecule has 2 amide bonds. The molecule has 1 aliphatic rings. The molecule has 1 saturated heterocycles. The standard InChI is InChI=1S/C17H21FN4O2/c1-11(2)16-20-15(21-24-16)7-9-19-17(23)22-10-8-14(22)12-3-5-13(18)6-4-12/h3-6,11,14H,7-10H2,1-2H3,(H,19,23)/t14-/m1/s1. The number of hydrogen-bond donors (Lipinski definition) is 1. The predicted octanol–water partition coefficient (Wildman–Crippen LogP) is 3.03. The molecule has 7 heteroatoms. The van der Waals surface area contributed by atoms with Crippen LogP contribution in [0.15, 0.2) is 28.8 Å². The third-order valence-corrected chi connectivity index (χ3v) is 4.14. The highest BCUT2D eigenvalue weighted by molar-refractivity contribution is 5.75. The third kappa shape index (κ3) is 3.55. The average Bonchev–Trinajstić information content (AvgIpc) is 2.97. The van der Waals surface area contributed by atoms with Crippen LogP contribution in [0.2, 0.25) is 0 Å². The number of likely N-dealkylation sites (tertiary alicyclic amines) is 1. The third-order valence-electron chi connectivity index (χ3n) is 4.14. The molecule has 0 saturated carbocycles. The summed E-state index contributed by atoms with van der Waals surface area (Å²) in [6, 6.07) is 6.20. The van der Waals surface area contributed by atoms with Gasteiger partial charge in [-0.25, -0.2) is 9.18 Å². The van der Waals surface area contributed by atoms with Gasteiger partial charge >= 0.3 is 6.03 Å². The number of nitrogens with zero attached hydrogens (tertiary/aromatic N) is 3. The fourth-order valence-corrected chi connectivity index (χ4v) is 2.65. The van der Waals surface area contributed by atoms with Crippen LogP contribution >= 0.6 is 0 Å². The molecule has 128 valence electrons. The van der Waals surface area contributed by atoms with E-state index in [1.807, 2.05) is 13.8 Å². The molecule has 1 fully saturated rings. The van der Waals surface area contributed by atoms with Crippen molar-refractivity contribution in [3.8, 4) is 0 Å². The van der Waals surface area contributed by atoms with Gasteiger partial charge in [-0.2, -0.15) is 4.98 Å². The largest absolute Gasteiger partial charge is 0.339 e. The Hall–Kier alpha value is -2.44. The molecular formula is C17H21FN4O2. The van der Waals surface area contributed by atoms with Gasteiger partial charge in [0.1, 0.15) is 5.82 Å². The Balaban J connectivity index is 1.49. The maximum atomic E-state index is 13.0. The van der Waals surface area contributed by atoms with Crippen molar-refractivity contribution in [1.82, 2.24) is 20.4 Å². The maximum absolute atomic E-state index is 13.0. The fourth-order valence-electron chi connectivity index (χ4n) is 2.65. The summed E-state index contributed by atoms with van der Waals surface area (Å²) in [6.07, 6.45) is 1.42. The highest BCUT2D eigenvalue weighted by Crippen LogP contribution is 2.33. The first-order valence-electron chi connectivity index (χ1n) is 8.17. The second kappa shape index (κ2) is 6.98. The molecule has 1 aliphatic heterocycles. The average molecular weight is 332 g/mol. The van der Waals surface area contributed by atoms with E-state index in [0.717, 1.165) is 12.0 Å². The smallest absolute Gasteiger partial charge is 0.317 e. The van der Waals surface area contributed by atoms with Crippen LogP contribution < -0.4 is 5.32 Å². The Morgan fingerprint density at radius 2 is 2.17 bits per heavy atom. The molecule has 0 bridgehead atoms. The van der Waals surface area contributed by atoms with Crippen molar-refractivity contribution in [3.63, 3.8) is 0 Å². The summed E-state index contributed by atoms with van der Waals surface area (Å²) in [5.74, 6) is 1.13. The summed E-state index contributed by atoms with van der Waals surface area (Å²) in [4.78, 5) is 18.3. The topological polar surface area (TPSA) is 71.3 Å². The fraction of sp³-hybridized carbons (Fsp3) is 0.471. The number of hydrogen-bond acceptors (Lipinski definition) is 4. The second-order valence-electron chi connectivity index (χ2n) is 6.23. The van der Waals surface area contributed by atoms with E-state index in [4.69, 9.17) is 4.52 Å². The molecule has 1 aromatic carbocycles. The van der Waals surface area contributed by atoms with Crippen molar-refractivity contribution in [1.29, 1.82) is 0 Å². The first kappa shape index (κ1) is 16.4. The van der Waals surface area contributed by atoms with Gasteiger partial charge in [-0.15, -0.1) is 0 Å². The molecule has 1 aromatic heterocycles. The van der Waals surface area contributed by atoms with Crippen LogP contribution in [0.4, 0.5) is 9.18 Å². The number of carbonyl (C=O) groups excluding carboxylic acids is 1. The van der Waals surface area contributed by atoms with E-state index in [1.165, 1.54) is 12.1 Å². The minimum atomic E-state index is -0.269. The molecule has 2 heterocycles. The van der Waals surface area contributed by atoms with Crippen molar-refractivity contribution in [2.45, 2.75) is 38.6 Å². The Labute approximate surface area is 140 Å². The number of halogens is 1. The van der Waals surface area contributed by atoms with E-state index in [-0.39, 0.29) is 23.8 Å². The van der Waals surface area contributed by atoms with E-state index >= 15 is 0 Å². The van der Waals surface area contributed by atoms with Crippen LogP contribution in [0.25, 0.3) is 0 Å². The summed E-state index contributed by atoms with van der Waals surface area (Å²) in [5, 5.41) is 6.77. The minimum absolute atomic E-state index is 0.0170. The number of carbonyl (C=O) groups is 1. The van der Waals surface area contributed by atoms with Crippen LogP contribution in [0.1, 0.15) is 49.5 Å². The lowest BCUT2D eigenvalue weighted by Gasteiger charge is -2.41. The summed E-state index contributed by atoms with van der Waals surface area (Å²) in [7, 11) is 0. The molecular weight excluding hydrogens is 311 g/mol. The van der Waals surface area contributed by atoms with Crippen molar-refractivity contribution in [3.05, 3.63) is 47.4 Å². The first-order valence-corrected chi connectivity index (χ1v) is 8.17. The van der Waals surface area contributed by atoms with E-state index in [0.29, 0.717) is 31.2 Å². The summed E-state index contributed by atoms with van der Waals surface area (Å²) in [6.45, 7) is 5.12. The highest BCUT2D eigenvalue weighted by Gasteiger charge is 2.33. The van der Waals surface area contributed by atoms with E-state index in [9.17, 15) is 9.18 Å². The van der Waals surface area contributed by atoms with Crippen molar-refractivity contribution in [2.24, 2.45) is 0 Å². The number of rotatable bonds is 5. The summed E-state index contributed by atoms with van der Waals surface area (Å²) in [5.41, 5.74) is 0.956. The predicted molar refractivity (Wildman–Crippen MR) is 86.0 cm³/mol. The number of urea groups is 1. The molecule has 0 aliphatic carbocycles. The van der Waals surface area contributed by atoms with E-state index < -0.39 is 0 Å². The summed E-state index contributed by atoms with van der Waals surface area (Å²) >= 11 is 0. The number of amides is 2. The van der Waals surface area contributed by atoms with Gasteiger partial charge in [0.25, 0.3) is 0 Å². The number of nitrogens with one attached hydrogen (secondary N) is 1. The van der Waals surface area contributed by atoms with Crippen LogP contribution in [0, 0.1) is 5.82 Å². The van der Waals surface area contributed by atoms with Crippen molar-refractivity contribution < 1.29 is 13.7 Å². The van der Waals surface area contributed by atoms with Crippen LogP contribution in [0.3, 0.4) is 0 Å². The first-order chi connectivity index (χ1) is 11.5. The number of benzene rings is 1. The Kier molecular flexibility index (Phi) is 4.78. The molecule has 1 atom stereocenters. The quantitative estimate of drug-likeness (QED) is 0.913. The van der Waals surface area contributed by atoms with Crippen LogP contribution in [-0.4, -0.2) is 34.2 Å². The molecule has 2 aromatic rings. The van der Waals surface area contributed by atoms with E-state index in [1.54, 1.807) is 17.0 Å². The molecule has 1 N–H and O–H groups in total. The lowest BCUT2D eigenvalue weighted by atomic mass is 9.95. The molecule has 0 radical (unpaired) electrons. The molecule has 24 heavy (non-hydrogen) atoms. The van der Waals surface area contributed by atoms with Gasteiger partial charge in [0.05, 0.1) is 6.04 Å². The van der Waals surface area contributed by atoms with Gasteiger partial charge in [-0.3, -0.25) is 0 Å². The SMILES string of the molecule is CC(C)c1nc(CCNC(=O)N2CC[C@@H]2c2ccc(F)cc2)no1. The molecule has 6 nitrogen and oxygen atoms in total. The number of aromatic nitrogens is 2. The zero-order valence-electron chi connectivity index (χ0n) is 13.8. The van der Waals surface area contributed by atoms with Crippen molar-refractivity contribution >= 4 is 6.03 Å². The lowest BCUT2D eigenvalue weighted by molar-refractivity contribution is 0.115. The Morgan fingerprint density at radius 1 is 1.42 bits per heavy atom. The van der Waals surface area contributed by atoms with Gasteiger partial charge in [-0.05, 0) is 24.1 Å². The van der Waals surface area contributed by atoms with E-state index in [2.05, 4.69) is 15.5 Å². The second-order valence-corrected chi connectivity index (χ2v) is 6.23. The highest BCUT2D eigenvalue weighted by atomic mass is 19.1. The van der Waals surface area contributed by atoms with Crippen LogP contribution in [-0.2, 0) is 6.42 Å².